The molecule has 14 heteroatoms. The molecule has 162 valence electrons. The Bertz CT molecular complexity index is 1110. The Labute approximate surface area is 185 Å². The van der Waals surface area contributed by atoms with Crippen LogP contribution in [0.3, 0.4) is 0 Å². The molecule has 3 heterocycles. The molecule has 31 heavy (non-hydrogen) atoms. The number of rotatable bonds is 6. The van der Waals surface area contributed by atoms with Gasteiger partial charge in [0.2, 0.25) is 11.6 Å². The summed E-state index contributed by atoms with van der Waals surface area (Å²) in [5.74, 6) is -0.555. The lowest BCUT2D eigenvalue weighted by molar-refractivity contribution is 0.0335. The minimum Gasteiger partial charge on any atom is -0.379 e. The minimum absolute atomic E-state index is 0.0340. The van der Waals surface area contributed by atoms with Crippen molar-refractivity contribution in [3.63, 3.8) is 0 Å². The van der Waals surface area contributed by atoms with Crippen molar-refractivity contribution < 1.29 is 14.2 Å². The molecule has 0 unspecified atom stereocenters. The zero-order chi connectivity index (χ0) is 21.8. The number of ether oxygens (including phenoxy) is 1. The molecule has 1 saturated heterocycles. The summed E-state index contributed by atoms with van der Waals surface area (Å²) in [7, 11) is 0. The summed E-state index contributed by atoms with van der Waals surface area (Å²) in [6, 6.07) is 4.92. The molecule has 4 rings (SSSR count). The molecular formula is C17H17Cl2N9O3. The van der Waals surface area contributed by atoms with E-state index in [2.05, 4.69) is 40.7 Å². The molecule has 0 radical (unpaired) electrons. The smallest absolute Gasteiger partial charge is 0.292 e. The maximum absolute atomic E-state index is 13.0. The van der Waals surface area contributed by atoms with E-state index in [4.69, 9.17) is 33.7 Å². The molecule has 0 aliphatic carbocycles. The van der Waals surface area contributed by atoms with Crippen molar-refractivity contribution in [2.45, 2.75) is 6.54 Å². The van der Waals surface area contributed by atoms with Crippen LogP contribution in [0.25, 0.3) is 5.82 Å². The van der Waals surface area contributed by atoms with Crippen LogP contribution < -0.4 is 11.2 Å². The van der Waals surface area contributed by atoms with E-state index in [1.165, 1.54) is 10.9 Å². The summed E-state index contributed by atoms with van der Waals surface area (Å²) in [5.41, 5.74) is 9.32. The van der Waals surface area contributed by atoms with Gasteiger partial charge in [0.15, 0.2) is 5.69 Å². The van der Waals surface area contributed by atoms with Gasteiger partial charge in [-0.15, -0.1) is 5.10 Å². The number of amides is 1. The largest absolute Gasteiger partial charge is 0.379 e. The number of aromatic nitrogens is 5. The first-order chi connectivity index (χ1) is 15.0. The summed E-state index contributed by atoms with van der Waals surface area (Å²) >= 11 is 12.0. The maximum Gasteiger partial charge on any atom is 0.292 e. The fourth-order valence-electron chi connectivity index (χ4n) is 2.92. The van der Waals surface area contributed by atoms with Crippen LogP contribution in [0.15, 0.2) is 27.9 Å². The van der Waals surface area contributed by atoms with Crippen LogP contribution in [0, 0.1) is 0 Å². The lowest BCUT2D eigenvalue weighted by Gasteiger charge is -2.25. The van der Waals surface area contributed by atoms with Crippen LogP contribution in [0.5, 0.6) is 0 Å². The number of nitrogens with two attached hydrogens (primary N) is 1. The minimum atomic E-state index is -0.572. The number of halogens is 2. The average Bonchev–Trinajstić information content (AvgIpc) is 3.36. The van der Waals surface area contributed by atoms with Gasteiger partial charge in [-0.05, 0) is 22.4 Å². The van der Waals surface area contributed by atoms with Crippen LogP contribution in [0.4, 0.5) is 5.82 Å². The first-order valence-corrected chi connectivity index (χ1v) is 9.90. The molecule has 0 spiro atoms. The number of hydrazone groups is 1. The summed E-state index contributed by atoms with van der Waals surface area (Å²) in [4.78, 5) is 15.1. The van der Waals surface area contributed by atoms with E-state index < -0.39 is 5.91 Å². The van der Waals surface area contributed by atoms with Crippen LogP contribution in [-0.2, 0) is 11.3 Å². The van der Waals surface area contributed by atoms with Crippen molar-refractivity contribution in [3.05, 3.63) is 45.2 Å². The second-order valence-electron chi connectivity index (χ2n) is 6.52. The van der Waals surface area contributed by atoms with Gasteiger partial charge in [0.1, 0.15) is 5.69 Å². The predicted octanol–water partition coefficient (Wildman–Crippen LogP) is 1.14. The molecule has 0 saturated carbocycles. The number of nitrogens with zero attached hydrogens (tertiary/aromatic N) is 7. The Morgan fingerprint density at radius 2 is 2.10 bits per heavy atom. The van der Waals surface area contributed by atoms with E-state index in [9.17, 15) is 4.79 Å². The summed E-state index contributed by atoms with van der Waals surface area (Å²) in [6.45, 7) is 2.98. The van der Waals surface area contributed by atoms with Crippen molar-refractivity contribution in [1.82, 2.24) is 35.6 Å². The fraction of sp³-hybridized carbons (Fsp3) is 0.294. The van der Waals surface area contributed by atoms with Gasteiger partial charge in [-0.2, -0.15) is 9.78 Å². The molecule has 0 bridgehead atoms. The van der Waals surface area contributed by atoms with Crippen molar-refractivity contribution >= 4 is 41.1 Å². The molecule has 1 fully saturated rings. The fourth-order valence-corrected chi connectivity index (χ4v) is 3.38. The summed E-state index contributed by atoms with van der Waals surface area (Å²) in [6.07, 6.45) is 1.40. The van der Waals surface area contributed by atoms with E-state index >= 15 is 0 Å². The first kappa shape index (κ1) is 21.2. The highest BCUT2D eigenvalue weighted by Crippen LogP contribution is 2.20. The van der Waals surface area contributed by atoms with Crippen molar-refractivity contribution in [1.29, 1.82) is 0 Å². The number of nitrogen functional groups attached to an aromatic ring is 1. The predicted molar refractivity (Wildman–Crippen MR) is 111 cm³/mol. The Balaban J connectivity index is 1.59. The normalized spacial score (nSPS) is 14.9. The number of carbonyl (C=O) groups is 1. The third-order valence-electron chi connectivity index (χ3n) is 4.46. The van der Waals surface area contributed by atoms with Gasteiger partial charge in [-0.3, -0.25) is 9.69 Å². The van der Waals surface area contributed by atoms with Crippen LogP contribution in [0.2, 0.25) is 10.0 Å². The molecule has 1 aliphatic rings. The first-order valence-electron chi connectivity index (χ1n) is 9.14. The quantitative estimate of drug-likeness (QED) is 0.403. The molecule has 1 amide bonds. The number of nitrogens with one attached hydrogen (secondary N) is 1. The topological polar surface area (TPSA) is 150 Å². The number of hydrogen-bond donors (Lipinski definition) is 2. The van der Waals surface area contributed by atoms with Crippen LogP contribution >= 0.6 is 23.2 Å². The second kappa shape index (κ2) is 9.39. The lowest BCUT2D eigenvalue weighted by Crippen LogP contribution is -2.36. The molecular weight excluding hydrogens is 449 g/mol. The SMILES string of the molecule is Nc1nonc1-n1nnc(CN2CCOCC2)c1C(=O)N/N=C\c1ccc(Cl)cc1Cl. The number of hydrogen-bond acceptors (Lipinski definition) is 10. The van der Waals surface area contributed by atoms with Crippen molar-refractivity contribution in [2.75, 3.05) is 32.0 Å². The third-order valence-corrected chi connectivity index (χ3v) is 5.02. The maximum atomic E-state index is 13.0. The van der Waals surface area contributed by atoms with Gasteiger partial charge in [0.25, 0.3) is 5.91 Å². The second-order valence-corrected chi connectivity index (χ2v) is 7.37. The van der Waals surface area contributed by atoms with Gasteiger partial charge < -0.3 is 10.5 Å². The molecule has 12 nitrogen and oxygen atoms in total. The molecule has 0 atom stereocenters. The molecule has 1 aromatic carbocycles. The van der Waals surface area contributed by atoms with E-state index in [0.29, 0.717) is 54.2 Å². The highest BCUT2D eigenvalue weighted by Gasteiger charge is 2.26. The number of benzene rings is 1. The van der Waals surface area contributed by atoms with Gasteiger partial charge >= 0.3 is 0 Å². The van der Waals surface area contributed by atoms with Crippen LogP contribution in [0.1, 0.15) is 21.7 Å². The van der Waals surface area contributed by atoms with E-state index in [-0.39, 0.29) is 17.3 Å². The van der Waals surface area contributed by atoms with Gasteiger partial charge in [0, 0.05) is 30.2 Å². The molecule has 3 N–H and O–H groups in total. The van der Waals surface area contributed by atoms with E-state index in [1.807, 2.05) is 0 Å². The van der Waals surface area contributed by atoms with E-state index in [0.717, 1.165) is 0 Å². The highest BCUT2D eigenvalue weighted by molar-refractivity contribution is 6.36. The zero-order valence-corrected chi connectivity index (χ0v) is 17.5. The molecule has 2 aromatic heterocycles. The van der Waals surface area contributed by atoms with E-state index in [1.54, 1.807) is 18.2 Å². The highest BCUT2D eigenvalue weighted by atomic mass is 35.5. The van der Waals surface area contributed by atoms with Gasteiger partial charge in [-0.25, -0.2) is 10.1 Å². The Morgan fingerprint density at radius 1 is 1.29 bits per heavy atom. The number of anilines is 1. The van der Waals surface area contributed by atoms with Crippen LogP contribution in [-0.4, -0.2) is 68.6 Å². The van der Waals surface area contributed by atoms with Gasteiger partial charge in [0.05, 0.1) is 24.5 Å². The monoisotopic (exact) mass is 465 g/mol. The summed E-state index contributed by atoms with van der Waals surface area (Å²) in [5, 5.41) is 20.2. The Hall–Kier alpha value is -3.06. The Kier molecular flexibility index (Phi) is 6.42. The lowest BCUT2D eigenvalue weighted by atomic mass is 10.2. The molecule has 3 aromatic rings. The number of morpholine rings is 1. The average molecular weight is 466 g/mol. The standard InChI is InChI=1S/C17H17Cl2N9O3/c18-11-2-1-10(12(19)7-11)8-21-23-17(29)14-13(9-27-3-5-30-6-4-27)22-26-28(14)16-15(20)24-31-25-16/h1-2,7-8H,3-6,9H2,(H2,20,24)(H,23,29)/b21-8-. The third kappa shape index (κ3) is 4.82. The van der Waals surface area contributed by atoms with Crippen molar-refractivity contribution in [3.8, 4) is 5.82 Å². The summed E-state index contributed by atoms with van der Waals surface area (Å²) < 4.78 is 11.2. The number of carbonyl (C=O) groups excluding carboxylic acids is 1. The van der Waals surface area contributed by atoms with Gasteiger partial charge in [-0.1, -0.05) is 34.5 Å². The zero-order valence-electron chi connectivity index (χ0n) is 16.0. The molecule has 1 aliphatic heterocycles. The van der Waals surface area contributed by atoms with Crippen molar-refractivity contribution in [2.24, 2.45) is 5.10 Å². The Morgan fingerprint density at radius 3 is 2.81 bits per heavy atom.